The number of rotatable bonds is 21. The van der Waals surface area contributed by atoms with Crippen molar-refractivity contribution < 1.29 is 18.1 Å². The van der Waals surface area contributed by atoms with E-state index in [0.29, 0.717) is 12.8 Å². The van der Waals surface area contributed by atoms with Crippen molar-refractivity contribution in [2.45, 2.75) is 147 Å². The number of unbranched alkanes of at least 4 members (excludes halogenated alkanes) is 13. The summed E-state index contributed by atoms with van der Waals surface area (Å²) in [6.45, 7) is 4.23. The van der Waals surface area contributed by atoms with Crippen molar-refractivity contribution in [1.82, 2.24) is 0 Å². The average Bonchev–Trinajstić information content (AvgIpc) is 2.65. The Bertz CT molecular complexity index is 422. The maximum atomic E-state index is 11.6. The van der Waals surface area contributed by atoms with E-state index in [0.717, 1.165) is 64.2 Å². The van der Waals surface area contributed by atoms with Crippen LogP contribution in [-0.4, -0.2) is 29.4 Å². The maximum Gasteiger partial charge on any atom is 0.267 e. The third-order valence-corrected chi connectivity index (χ3v) is 7.15. The molecule has 0 bridgehead atoms. The average molecular weight is 421 g/mol. The fourth-order valence-electron chi connectivity index (χ4n) is 3.79. The Balaban J connectivity index is 3.70. The van der Waals surface area contributed by atoms with Crippen molar-refractivity contribution >= 4 is 10.1 Å². The van der Waals surface area contributed by atoms with Gasteiger partial charge < -0.3 is 5.11 Å². The molecule has 170 valence electrons. The molecule has 0 aromatic rings. The summed E-state index contributed by atoms with van der Waals surface area (Å²) in [6, 6.07) is 0. The van der Waals surface area contributed by atoms with E-state index in [-0.39, 0.29) is 6.10 Å². The molecule has 0 aliphatic rings. The molecule has 0 aromatic heterocycles. The van der Waals surface area contributed by atoms with Crippen LogP contribution < -0.4 is 0 Å². The molecule has 0 amide bonds. The van der Waals surface area contributed by atoms with Gasteiger partial charge in [0.05, 0.1) is 11.4 Å². The van der Waals surface area contributed by atoms with Crippen molar-refractivity contribution in [2.24, 2.45) is 0 Å². The molecule has 0 saturated heterocycles. The van der Waals surface area contributed by atoms with Gasteiger partial charge in [0.2, 0.25) is 0 Å². The lowest BCUT2D eigenvalue weighted by atomic mass is 10.0. The van der Waals surface area contributed by atoms with Gasteiger partial charge in [0.1, 0.15) is 0 Å². The lowest BCUT2D eigenvalue weighted by Gasteiger charge is -2.14. The molecule has 0 radical (unpaired) electrons. The van der Waals surface area contributed by atoms with Gasteiger partial charge in [-0.3, -0.25) is 4.55 Å². The fraction of sp³-hybridized carbons (Fsp3) is 1.00. The van der Waals surface area contributed by atoms with Gasteiger partial charge >= 0.3 is 0 Å². The molecule has 5 heteroatoms. The Hall–Kier alpha value is -0.130. The van der Waals surface area contributed by atoms with Crippen molar-refractivity contribution in [3.05, 3.63) is 0 Å². The quantitative estimate of drug-likeness (QED) is 0.154. The van der Waals surface area contributed by atoms with E-state index in [2.05, 4.69) is 6.92 Å². The smallest absolute Gasteiger partial charge is 0.267 e. The van der Waals surface area contributed by atoms with Crippen LogP contribution in [0.25, 0.3) is 0 Å². The molecule has 0 saturated carbocycles. The predicted octanol–water partition coefficient (Wildman–Crippen LogP) is 7.06. The van der Waals surface area contributed by atoms with E-state index in [1.54, 1.807) is 0 Å². The zero-order valence-corrected chi connectivity index (χ0v) is 19.5. The van der Waals surface area contributed by atoms with Gasteiger partial charge in [-0.25, -0.2) is 0 Å². The Morgan fingerprint density at radius 1 is 0.607 bits per heavy atom. The molecular formula is C23H48O4S. The van der Waals surface area contributed by atoms with Crippen molar-refractivity contribution in [1.29, 1.82) is 0 Å². The minimum absolute atomic E-state index is 0.156. The first-order chi connectivity index (χ1) is 13.4. The highest BCUT2D eigenvalue weighted by atomic mass is 32.2. The van der Waals surface area contributed by atoms with E-state index in [1.165, 1.54) is 44.9 Å². The second kappa shape index (κ2) is 18.9. The Labute approximate surface area is 175 Å². The molecule has 0 aromatic carbocycles. The molecule has 4 nitrogen and oxygen atoms in total. The molecule has 0 rings (SSSR count). The van der Waals surface area contributed by atoms with E-state index >= 15 is 0 Å². The number of aliphatic hydroxyl groups is 1. The third-order valence-electron chi connectivity index (χ3n) is 5.84. The maximum absolute atomic E-state index is 11.6. The van der Waals surface area contributed by atoms with Gasteiger partial charge in [0.25, 0.3) is 10.1 Å². The van der Waals surface area contributed by atoms with Gasteiger partial charge in [-0.15, -0.1) is 0 Å². The van der Waals surface area contributed by atoms with Crippen LogP contribution in [0.5, 0.6) is 0 Å². The van der Waals surface area contributed by atoms with E-state index in [9.17, 15) is 18.1 Å². The van der Waals surface area contributed by atoms with Crippen LogP contribution in [-0.2, 0) is 10.1 Å². The second-order valence-electron chi connectivity index (χ2n) is 8.51. The zero-order chi connectivity index (χ0) is 21.1. The van der Waals surface area contributed by atoms with E-state index in [1.807, 2.05) is 6.92 Å². The van der Waals surface area contributed by atoms with Gasteiger partial charge in [-0.05, 0) is 25.7 Å². The second-order valence-corrected chi connectivity index (χ2v) is 10.2. The molecule has 0 heterocycles. The highest BCUT2D eigenvalue weighted by Gasteiger charge is 2.21. The van der Waals surface area contributed by atoms with Crippen LogP contribution in [0.15, 0.2) is 0 Å². The SMILES string of the molecule is CCCCCCCCCCCC(CCCCCCCCC(O)CC)S(=O)(=O)O. The number of hydrogen-bond donors (Lipinski definition) is 2. The van der Waals surface area contributed by atoms with Crippen LogP contribution in [0.1, 0.15) is 136 Å². The van der Waals surface area contributed by atoms with Crippen molar-refractivity contribution in [3.63, 3.8) is 0 Å². The Morgan fingerprint density at radius 3 is 1.32 bits per heavy atom. The van der Waals surface area contributed by atoms with Gasteiger partial charge in [0, 0.05) is 0 Å². The minimum Gasteiger partial charge on any atom is -0.393 e. The largest absolute Gasteiger partial charge is 0.393 e. The normalized spacial score (nSPS) is 14.3. The number of aliphatic hydroxyl groups excluding tert-OH is 1. The lowest BCUT2D eigenvalue weighted by Crippen LogP contribution is -2.20. The summed E-state index contributed by atoms with van der Waals surface area (Å²) in [6.07, 6.45) is 20.1. The summed E-state index contributed by atoms with van der Waals surface area (Å²) in [5.74, 6) is 0. The van der Waals surface area contributed by atoms with Gasteiger partial charge in [-0.2, -0.15) is 8.42 Å². The first kappa shape index (κ1) is 27.9. The first-order valence-electron chi connectivity index (χ1n) is 12.1. The van der Waals surface area contributed by atoms with Gasteiger partial charge in [0.15, 0.2) is 0 Å². The number of hydrogen-bond acceptors (Lipinski definition) is 3. The lowest BCUT2D eigenvalue weighted by molar-refractivity contribution is 0.156. The predicted molar refractivity (Wildman–Crippen MR) is 120 cm³/mol. The Kier molecular flexibility index (Phi) is 18.8. The minimum atomic E-state index is -3.91. The summed E-state index contributed by atoms with van der Waals surface area (Å²) in [7, 11) is -3.91. The van der Waals surface area contributed by atoms with Crippen LogP contribution in [0.3, 0.4) is 0 Å². The third kappa shape index (κ3) is 17.9. The molecule has 0 fully saturated rings. The molecule has 0 aliphatic carbocycles. The highest BCUT2D eigenvalue weighted by molar-refractivity contribution is 7.86. The molecule has 28 heavy (non-hydrogen) atoms. The van der Waals surface area contributed by atoms with Crippen LogP contribution >= 0.6 is 0 Å². The Morgan fingerprint density at radius 2 is 0.964 bits per heavy atom. The van der Waals surface area contributed by atoms with E-state index in [4.69, 9.17) is 0 Å². The fourth-order valence-corrected chi connectivity index (χ4v) is 4.72. The van der Waals surface area contributed by atoms with Crippen LogP contribution in [0.2, 0.25) is 0 Å². The monoisotopic (exact) mass is 420 g/mol. The molecule has 0 aliphatic heterocycles. The topological polar surface area (TPSA) is 74.6 Å². The first-order valence-corrected chi connectivity index (χ1v) is 13.6. The molecule has 2 unspecified atom stereocenters. The molecular weight excluding hydrogens is 372 g/mol. The molecule has 0 spiro atoms. The summed E-state index contributed by atoms with van der Waals surface area (Å²) in [5.41, 5.74) is 0. The summed E-state index contributed by atoms with van der Waals surface area (Å²) < 4.78 is 32.8. The van der Waals surface area contributed by atoms with Crippen LogP contribution in [0.4, 0.5) is 0 Å². The van der Waals surface area contributed by atoms with E-state index < -0.39 is 15.4 Å². The molecule has 2 N–H and O–H groups in total. The van der Waals surface area contributed by atoms with Gasteiger partial charge in [-0.1, -0.05) is 110 Å². The van der Waals surface area contributed by atoms with Crippen LogP contribution in [0, 0.1) is 0 Å². The summed E-state index contributed by atoms with van der Waals surface area (Å²) in [5, 5.41) is 8.95. The summed E-state index contributed by atoms with van der Waals surface area (Å²) >= 11 is 0. The standard InChI is InChI=1S/C23H48O4S/c1-3-5-6-7-8-9-10-14-17-20-23(28(25,26)27)21-18-15-12-11-13-16-19-22(24)4-2/h22-24H,3-21H2,1-2H3,(H,25,26,27). The molecule has 2 atom stereocenters. The zero-order valence-electron chi connectivity index (χ0n) is 18.7. The van der Waals surface area contributed by atoms with Crippen molar-refractivity contribution in [2.75, 3.05) is 0 Å². The summed E-state index contributed by atoms with van der Waals surface area (Å²) in [4.78, 5) is 0. The highest BCUT2D eigenvalue weighted by Crippen LogP contribution is 2.19. The van der Waals surface area contributed by atoms with Crippen molar-refractivity contribution in [3.8, 4) is 0 Å².